The molecule has 256 valence electrons. The Kier molecular flexibility index (Phi) is 7.40. The van der Waals surface area contributed by atoms with Gasteiger partial charge < -0.3 is 9.47 Å². The highest BCUT2D eigenvalue weighted by Gasteiger charge is 2.46. The van der Waals surface area contributed by atoms with Gasteiger partial charge in [-0.1, -0.05) is 127 Å². The molecule has 0 amide bonds. The van der Waals surface area contributed by atoms with Crippen LogP contribution in [0.25, 0.3) is 43.5 Å². The van der Waals surface area contributed by atoms with E-state index in [9.17, 15) is 5.26 Å². The van der Waals surface area contributed by atoms with Gasteiger partial charge in [-0.3, -0.25) is 4.98 Å². The quantitative estimate of drug-likeness (QED) is 0.168. The Labute approximate surface area is 319 Å². The van der Waals surface area contributed by atoms with Gasteiger partial charge in [0.2, 0.25) is 5.69 Å². The van der Waals surface area contributed by atoms with E-state index in [2.05, 4.69) is 183 Å². The van der Waals surface area contributed by atoms with Crippen LogP contribution in [-0.4, -0.2) is 9.55 Å². The van der Waals surface area contributed by atoms with E-state index in [1.54, 1.807) is 6.07 Å². The molecule has 3 heterocycles. The SMILES string of the molecule is [C-]#[N+]c1cc(-c2cc(N3c4ccccc4C(c4ccccc4)(c4ccccc4)c4ccccc43)cc(-n3c4ccccc4c4cnccc43)c2)ccc1C#N. The van der Waals surface area contributed by atoms with Crippen LogP contribution in [0.1, 0.15) is 27.8 Å². The van der Waals surface area contributed by atoms with E-state index in [0.717, 1.165) is 55.7 Å². The molecule has 1 aliphatic rings. The molecule has 0 N–H and O–H groups in total. The van der Waals surface area contributed by atoms with Crippen molar-refractivity contribution in [1.29, 1.82) is 5.26 Å². The summed E-state index contributed by atoms with van der Waals surface area (Å²) in [4.78, 5) is 10.6. The summed E-state index contributed by atoms with van der Waals surface area (Å²) >= 11 is 0. The summed E-state index contributed by atoms with van der Waals surface area (Å²) in [5, 5.41) is 12.0. The molecule has 2 aromatic heterocycles. The number of rotatable bonds is 5. The minimum Gasteiger partial charge on any atom is -0.310 e. The fourth-order valence-corrected chi connectivity index (χ4v) is 8.70. The summed E-state index contributed by atoms with van der Waals surface area (Å²) < 4.78 is 2.30. The van der Waals surface area contributed by atoms with Gasteiger partial charge in [0.15, 0.2) is 0 Å². The van der Waals surface area contributed by atoms with Crippen LogP contribution in [0.15, 0.2) is 188 Å². The monoisotopic (exact) mass is 701 g/mol. The second-order valence-electron chi connectivity index (χ2n) is 13.8. The Morgan fingerprint density at radius 2 is 1.16 bits per heavy atom. The molecule has 10 rings (SSSR count). The van der Waals surface area contributed by atoms with Gasteiger partial charge in [0.25, 0.3) is 0 Å². The first kappa shape index (κ1) is 32.0. The summed E-state index contributed by atoms with van der Waals surface area (Å²) in [6.45, 7) is 7.88. The minimum absolute atomic E-state index is 0.332. The third-order valence-corrected chi connectivity index (χ3v) is 11.0. The second-order valence-corrected chi connectivity index (χ2v) is 13.8. The van der Waals surface area contributed by atoms with Crippen LogP contribution in [-0.2, 0) is 5.41 Å². The molecule has 1 aliphatic heterocycles. The summed E-state index contributed by atoms with van der Waals surface area (Å²) in [5.74, 6) is 0. The number of anilines is 3. The van der Waals surface area contributed by atoms with Gasteiger partial charge in [0.1, 0.15) is 0 Å². The van der Waals surface area contributed by atoms with Crippen molar-refractivity contribution < 1.29 is 0 Å². The Morgan fingerprint density at radius 3 is 1.84 bits per heavy atom. The van der Waals surface area contributed by atoms with Crippen molar-refractivity contribution in [3.63, 3.8) is 0 Å². The van der Waals surface area contributed by atoms with Gasteiger partial charge >= 0.3 is 0 Å². The van der Waals surface area contributed by atoms with E-state index >= 15 is 0 Å². The van der Waals surface area contributed by atoms with E-state index in [4.69, 9.17) is 6.57 Å². The third kappa shape index (κ3) is 4.81. The van der Waals surface area contributed by atoms with Gasteiger partial charge in [-0.05, 0) is 81.9 Å². The first-order valence-corrected chi connectivity index (χ1v) is 18.2. The number of hydrogen-bond acceptors (Lipinski definition) is 3. The molecule has 0 bridgehead atoms. The number of pyridine rings is 1. The van der Waals surface area contributed by atoms with Crippen LogP contribution >= 0.6 is 0 Å². The lowest BCUT2D eigenvalue weighted by molar-refractivity contribution is 0.731. The standard InChI is InChI=1S/C50H31N5/c1-52-45-30-34(24-25-35(45)32-51)36-28-39(54-46-21-11-8-18-41(46)42-33-53-27-26-47(42)54)31-40(29-36)55-48-22-12-9-19-43(48)50(37-14-4-2-5-15-37,38-16-6-3-7-17-38)44-20-10-13-23-49(44)55/h2-31,33H. The lowest BCUT2D eigenvalue weighted by Crippen LogP contribution is -2.37. The van der Waals surface area contributed by atoms with Crippen molar-refractivity contribution >= 4 is 44.6 Å². The number of hydrogen-bond donors (Lipinski definition) is 0. The number of fused-ring (bicyclic) bond motifs is 5. The van der Waals surface area contributed by atoms with Crippen LogP contribution < -0.4 is 4.90 Å². The Hall–Kier alpha value is -7.73. The molecule has 5 nitrogen and oxygen atoms in total. The van der Waals surface area contributed by atoms with Crippen LogP contribution in [0, 0.1) is 17.9 Å². The fraction of sp³-hybridized carbons (Fsp3) is 0.0200. The highest BCUT2D eigenvalue weighted by atomic mass is 15.2. The highest BCUT2D eigenvalue weighted by molar-refractivity contribution is 6.09. The smallest absolute Gasteiger partial charge is 0.205 e. The van der Waals surface area contributed by atoms with Gasteiger partial charge in [-0.2, -0.15) is 5.26 Å². The molecule has 0 saturated carbocycles. The zero-order valence-electron chi connectivity index (χ0n) is 29.6. The molecular formula is C50H31N5. The van der Waals surface area contributed by atoms with E-state index in [-0.39, 0.29) is 0 Å². The Morgan fingerprint density at radius 1 is 0.564 bits per heavy atom. The molecule has 0 fully saturated rings. The molecule has 0 unspecified atom stereocenters. The largest absolute Gasteiger partial charge is 0.310 e. The number of nitriles is 1. The predicted octanol–water partition coefficient (Wildman–Crippen LogP) is 12.4. The summed E-state index contributed by atoms with van der Waals surface area (Å²) in [5.41, 5.74) is 12.8. The average Bonchev–Trinajstić information content (AvgIpc) is 3.60. The van der Waals surface area contributed by atoms with Crippen LogP contribution in [0.2, 0.25) is 0 Å². The molecule has 0 saturated heterocycles. The lowest BCUT2D eigenvalue weighted by atomic mass is 9.62. The number of aromatic nitrogens is 2. The summed E-state index contributed by atoms with van der Waals surface area (Å²) in [6, 6.07) is 64.0. The topological polar surface area (TPSA) is 49.2 Å². The maximum absolute atomic E-state index is 9.78. The first-order chi connectivity index (χ1) is 27.2. The van der Waals surface area contributed by atoms with E-state index in [0.29, 0.717) is 11.3 Å². The third-order valence-electron chi connectivity index (χ3n) is 11.0. The molecule has 9 aromatic rings. The van der Waals surface area contributed by atoms with Gasteiger partial charge in [-0.15, -0.1) is 0 Å². The number of para-hydroxylation sites is 3. The van der Waals surface area contributed by atoms with Crippen LogP contribution in [0.5, 0.6) is 0 Å². The Bertz CT molecular complexity index is 2880. The van der Waals surface area contributed by atoms with Crippen molar-refractivity contribution in [1.82, 2.24) is 9.55 Å². The minimum atomic E-state index is -0.593. The normalized spacial score (nSPS) is 12.8. The molecule has 55 heavy (non-hydrogen) atoms. The zero-order chi connectivity index (χ0) is 36.9. The molecule has 7 aromatic carbocycles. The van der Waals surface area contributed by atoms with Crippen LogP contribution in [0.4, 0.5) is 22.7 Å². The average molecular weight is 702 g/mol. The number of benzene rings is 7. The van der Waals surface area contributed by atoms with Crippen molar-refractivity contribution in [3.05, 3.63) is 228 Å². The summed E-state index contributed by atoms with van der Waals surface area (Å²) in [7, 11) is 0. The van der Waals surface area contributed by atoms with Crippen molar-refractivity contribution in [2.45, 2.75) is 5.41 Å². The van der Waals surface area contributed by atoms with Crippen molar-refractivity contribution in [2.24, 2.45) is 0 Å². The fourth-order valence-electron chi connectivity index (χ4n) is 8.70. The zero-order valence-corrected chi connectivity index (χ0v) is 29.6. The molecule has 0 radical (unpaired) electrons. The lowest BCUT2D eigenvalue weighted by Gasteiger charge is -2.46. The van der Waals surface area contributed by atoms with E-state index in [1.807, 2.05) is 24.5 Å². The van der Waals surface area contributed by atoms with E-state index < -0.39 is 5.41 Å². The molecule has 5 heteroatoms. The number of nitrogens with zero attached hydrogens (tertiary/aromatic N) is 5. The molecule has 0 aliphatic carbocycles. The van der Waals surface area contributed by atoms with E-state index in [1.165, 1.54) is 22.3 Å². The maximum Gasteiger partial charge on any atom is 0.205 e. The molecule has 0 atom stereocenters. The van der Waals surface area contributed by atoms with Crippen molar-refractivity contribution in [3.8, 4) is 22.9 Å². The van der Waals surface area contributed by atoms with Gasteiger partial charge in [0.05, 0.1) is 46.0 Å². The van der Waals surface area contributed by atoms with Crippen molar-refractivity contribution in [2.75, 3.05) is 4.90 Å². The first-order valence-electron chi connectivity index (χ1n) is 18.2. The molecular weight excluding hydrogens is 671 g/mol. The molecule has 0 spiro atoms. The maximum atomic E-state index is 9.78. The predicted molar refractivity (Wildman–Crippen MR) is 222 cm³/mol. The van der Waals surface area contributed by atoms with Crippen LogP contribution in [0.3, 0.4) is 0 Å². The van der Waals surface area contributed by atoms with Gasteiger partial charge in [-0.25, -0.2) is 4.85 Å². The highest BCUT2D eigenvalue weighted by Crippen LogP contribution is 2.58. The van der Waals surface area contributed by atoms with Gasteiger partial charge in [0, 0.05) is 34.5 Å². The summed E-state index contributed by atoms with van der Waals surface area (Å²) in [6.07, 6.45) is 3.78. The second kappa shape index (κ2) is 12.7. The Balaban J connectivity index is 1.30.